The third-order valence-corrected chi connectivity index (χ3v) is 5.23. The summed E-state index contributed by atoms with van der Waals surface area (Å²) in [4.78, 5) is 22.1. The lowest BCUT2D eigenvalue weighted by atomic mass is 10.2. The van der Waals surface area contributed by atoms with E-state index in [1.165, 1.54) is 0 Å². The van der Waals surface area contributed by atoms with Crippen LogP contribution in [0.15, 0.2) is 43.0 Å². The smallest absolute Gasteiger partial charge is 0.225 e. The zero-order valence-corrected chi connectivity index (χ0v) is 15.6. The van der Waals surface area contributed by atoms with Crippen LogP contribution in [0, 0.1) is 0 Å². The Kier molecular flexibility index (Phi) is 4.62. The van der Waals surface area contributed by atoms with Gasteiger partial charge in [0.2, 0.25) is 11.8 Å². The minimum absolute atomic E-state index is 0.0659. The van der Waals surface area contributed by atoms with Gasteiger partial charge < -0.3 is 19.3 Å². The lowest BCUT2D eigenvalue weighted by Gasteiger charge is -2.36. The second kappa shape index (κ2) is 7.55. The molecule has 3 aromatic rings. The fourth-order valence-corrected chi connectivity index (χ4v) is 3.69. The summed E-state index contributed by atoms with van der Waals surface area (Å²) in [6.07, 6.45) is 6.10. The van der Waals surface area contributed by atoms with Crippen LogP contribution in [-0.2, 0) is 4.74 Å². The first-order valence-electron chi connectivity index (χ1n) is 9.63. The van der Waals surface area contributed by atoms with Crippen molar-refractivity contribution in [2.75, 3.05) is 49.2 Å². The van der Waals surface area contributed by atoms with Crippen molar-refractivity contribution in [1.29, 1.82) is 0 Å². The van der Waals surface area contributed by atoms with E-state index in [4.69, 9.17) is 9.47 Å². The molecule has 2 saturated heterocycles. The number of ether oxygens (including phenoxy) is 2. The van der Waals surface area contributed by atoms with Gasteiger partial charge in [0, 0.05) is 50.7 Å². The Labute approximate surface area is 163 Å². The summed E-state index contributed by atoms with van der Waals surface area (Å²) >= 11 is 0. The lowest BCUT2D eigenvalue weighted by molar-refractivity contribution is 0.139. The van der Waals surface area contributed by atoms with Gasteiger partial charge in [-0.3, -0.25) is 0 Å². The molecular formula is C20H22N6O2. The number of hydrogen-bond acceptors (Lipinski definition) is 8. The fourth-order valence-electron chi connectivity index (χ4n) is 3.69. The normalized spacial score (nSPS) is 19.9. The number of aromatic nitrogens is 4. The van der Waals surface area contributed by atoms with Gasteiger partial charge in [-0.15, -0.1) is 0 Å². The largest absolute Gasteiger partial charge is 0.471 e. The zero-order chi connectivity index (χ0) is 18.8. The van der Waals surface area contributed by atoms with Crippen LogP contribution in [0.4, 0.5) is 11.6 Å². The number of benzene rings is 1. The Morgan fingerprint density at radius 1 is 0.964 bits per heavy atom. The van der Waals surface area contributed by atoms with Crippen LogP contribution in [0.25, 0.3) is 10.9 Å². The molecule has 0 N–H and O–H groups in total. The molecule has 1 atom stereocenters. The van der Waals surface area contributed by atoms with Gasteiger partial charge >= 0.3 is 0 Å². The van der Waals surface area contributed by atoms with Crippen molar-refractivity contribution in [2.45, 2.75) is 12.5 Å². The molecule has 0 spiro atoms. The number of nitrogens with zero attached hydrogens (tertiary/aromatic N) is 6. The van der Waals surface area contributed by atoms with Crippen LogP contribution in [0.5, 0.6) is 5.88 Å². The monoisotopic (exact) mass is 378 g/mol. The van der Waals surface area contributed by atoms with Crippen LogP contribution in [0.3, 0.4) is 0 Å². The van der Waals surface area contributed by atoms with E-state index in [2.05, 4.69) is 41.9 Å². The van der Waals surface area contributed by atoms with Gasteiger partial charge in [-0.2, -0.15) is 0 Å². The molecular weight excluding hydrogens is 356 g/mol. The molecule has 1 unspecified atom stereocenters. The second-order valence-electron chi connectivity index (χ2n) is 7.01. The predicted octanol–water partition coefficient (Wildman–Crippen LogP) is 1.91. The highest BCUT2D eigenvalue weighted by Crippen LogP contribution is 2.29. The van der Waals surface area contributed by atoms with E-state index in [1.807, 2.05) is 12.1 Å². The maximum Gasteiger partial charge on any atom is 0.225 e. The average Bonchev–Trinajstić information content (AvgIpc) is 3.28. The molecule has 2 aromatic heterocycles. The molecule has 2 aliphatic heterocycles. The van der Waals surface area contributed by atoms with Crippen molar-refractivity contribution in [3.63, 3.8) is 0 Å². The van der Waals surface area contributed by atoms with Crippen LogP contribution >= 0.6 is 0 Å². The highest BCUT2D eigenvalue weighted by molar-refractivity contribution is 5.86. The topological polar surface area (TPSA) is 76.5 Å². The third kappa shape index (κ3) is 3.43. The summed E-state index contributed by atoms with van der Waals surface area (Å²) in [6.45, 7) is 4.95. The summed E-state index contributed by atoms with van der Waals surface area (Å²) in [6, 6.07) is 8.13. The zero-order valence-electron chi connectivity index (χ0n) is 15.6. The number of rotatable bonds is 4. The van der Waals surface area contributed by atoms with E-state index in [-0.39, 0.29) is 6.10 Å². The van der Waals surface area contributed by atoms with Gasteiger partial charge in [0.15, 0.2) is 0 Å². The number of piperazine rings is 1. The molecule has 0 saturated carbocycles. The maximum absolute atomic E-state index is 6.09. The summed E-state index contributed by atoms with van der Waals surface area (Å²) in [5.74, 6) is 1.43. The number of fused-ring (bicyclic) bond motifs is 1. The van der Waals surface area contributed by atoms with Crippen molar-refractivity contribution in [1.82, 2.24) is 19.9 Å². The van der Waals surface area contributed by atoms with Crippen molar-refractivity contribution in [3.8, 4) is 5.88 Å². The maximum atomic E-state index is 6.09. The van der Waals surface area contributed by atoms with Crippen LogP contribution in [0.1, 0.15) is 6.42 Å². The molecule has 1 aromatic carbocycles. The van der Waals surface area contributed by atoms with Gasteiger partial charge in [-0.25, -0.2) is 19.9 Å². The lowest BCUT2D eigenvalue weighted by Crippen LogP contribution is -2.47. The first-order chi connectivity index (χ1) is 13.9. The molecule has 8 nitrogen and oxygen atoms in total. The van der Waals surface area contributed by atoms with E-state index in [1.54, 1.807) is 18.7 Å². The first kappa shape index (κ1) is 17.1. The summed E-state index contributed by atoms with van der Waals surface area (Å²) in [7, 11) is 0. The SMILES string of the molecule is c1cnc(N2CCN(c3ccc4ncnc(OC5CCOC5)c4c3)CC2)nc1. The molecule has 0 amide bonds. The molecule has 2 aliphatic rings. The van der Waals surface area contributed by atoms with Gasteiger partial charge in [-0.05, 0) is 24.3 Å². The number of anilines is 2. The third-order valence-electron chi connectivity index (χ3n) is 5.23. The highest BCUT2D eigenvalue weighted by Gasteiger charge is 2.21. The minimum atomic E-state index is 0.0659. The molecule has 144 valence electrons. The summed E-state index contributed by atoms with van der Waals surface area (Å²) < 4.78 is 11.5. The standard InChI is InChI=1S/C20H22N6O2/c1-5-21-20(22-6-1)26-9-7-25(8-10-26)15-2-3-18-17(12-15)19(24-14-23-18)28-16-4-11-27-13-16/h1-3,5-6,12,14,16H,4,7-11,13H2. The highest BCUT2D eigenvalue weighted by atomic mass is 16.5. The van der Waals surface area contributed by atoms with Crippen molar-refractivity contribution < 1.29 is 9.47 Å². The van der Waals surface area contributed by atoms with E-state index in [0.29, 0.717) is 12.5 Å². The Bertz CT molecular complexity index is 940. The minimum Gasteiger partial charge on any atom is -0.471 e. The molecule has 5 rings (SSSR count). The second-order valence-corrected chi connectivity index (χ2v) is 7.01. The number of hydrogen-bond donors (Lipinski definition) is 0. The van der Waals surface area contributed by atoms with Crippen LogP contribution in [-0.4, -0.2) is 65.4 Å². The van der Waals surface area contributed by atoms with E-state index in [0.717, 1.165) is 61.7 Å². The molecule has 0 bridgehead atoms. The molecule has 4 heterocycles. The summed E-state index contributed by atoms with van der Waals surface area (Å²) in [5, 5.41) is 0.945. The van der Waals surface area contributed by atoms with Crippen molar-refractivity contribution >= 4 is 22.5 Å². The molecule has 2 fully saturated rings. The summed E-state index contributed by atoms with van der Waals surface area (Å²) in [5.41, 5.74) is 2.05. The molecule has 0 aliphatic carbocycles. The molecule has 8 heteroatoms. The molecule has 0 radical (unpaired) electrons. The Morgan fingerprint density at radius 2 is 1.79 bits per heavy atom. The fraction of sp³-hybridized carbons (Fsp3) is 0.400. The van der Waals surface area contributed by atoms with Crippen LogP contribution in [0.2, 0.25) is 0 Å². The van der Waals surface area contributed by atoms with E-state index in [9.17, 15) is 0 Å². The van der Waals surface area contributed by atoms with Crippen LogP contribution < -0.4 is 14.5 Å². The Balaban J connectivity index is 1.35. The first-order valence-corrected chi connectivity index (χ1v) is 9.63. The van der Waals surface area contributed by atoms with Gasteiger partial charge in [-0.1, -0.05) is 0 Å². The predicted molar refractivity (Wildman–Crippen MR) is 106 cm³/mol. The average molecular weight is 378 g/mol. The van der Waals surface area contributed by atoms with Gasteiger partial charge in [0.1, 0.15) is 12.4 Å². The molecule has 28 heavy (non-hydrogen) atoms. The van der Waals surface area contributed by atoms with Gasteiger partial charge in [0.05, 0.1) is 24.1 Å². The van der Waals surface area contributed by atoms with E-state index >= 15 is 0 Å². The van der Waals surface area contributed by atoms with E-state index < -0.39 is 0 Å². The Morgan fingerprint density at radius 3 is 2.57 bits per heavy atom. The van der Waals surface area contributed by atoms with Crippen molar-refractivity contribution in [2.24, 2.45) is 0 Å². The van der Waals surface area contributed by atoms with Crippen molar-refractivity contribution in [3.05, 3.63) is 43.0 Å². The quantitative estimate of drug-likeness (QED) is 0.682. The Hall–Kier alpha value is -3.00. The van der Waals surface area contributed by atoms with Gasteiger partial charge in [0.25, 0.3) is 0 Å².